The van der Waals surface area contributed by atoms with Gasteiger partial charge in [0.05, 0.1) is 74.7 Å². The number of H-pyrrole nitrogens is 2. The number of piperidine rings is 2. The third-order valence-electron chi connectivity index (χ3n) is 12.7. The second-order valence-electron chi connectivity index (χ2n) is 18.7. The summed E-state index contributed by atoms with van der Waals surface area (Å²) < 4.78 is 74.9. The second-order valence-corrected chi connectivity index (χ2v) is 20.3. The zero-order valence-electron chi connectivity index (χ0n) is 53.8. The molecule has 2 aromatic carbocycles. The van der Waals surface area contributed by atoms with Gasteiger partial charge in [-0.3, -0.25) is 32.5 Å². The van der Waals surface area contributed by atoms with Gasteiger partial charge in [-0.25, -0.2) is 15.0 Å². The number of anilines is 1. The van der Waals surface area contributed by atoms with Crippen LogP contribution in [-0.4, -0.2) is 174 Å². The number of aromatic hydroxyl groups is 1. The number of oxazole rings is 2. The first-order valence-electron chi connectivity index (χ1n) is 28.3. The van der Waals surface area contributed by atoms with E-state index in [2.05, 4.69) is 57.1 Å². The van der Waals surface area contributed by atoms with E-state index >= 15 is 0 Å². The molecule has 7 aromatic heterocycles. The number of nitrogens with zero attached hydrogens (tertiary/aromatic N) is 11. The summed E-state index contributed by atoms with van der Waals surface area (Å²) in [6.07, 6.45) is 16.6. The molecule has 486 valence electrons. The van der Waals surface area contributed by atoms with Crippen LogP contribution >= 0.6 is 0 Å². The van der Waals surface area contributed by atoms with Crippen LogP contribution in [0.1, 0.15) is 83.8 Å². The summed E-state index contributed by atoms with van der Waals surface area (Å²) in [5, 5.41) is 33.7. The summed E-state index contributed by atoms with van der Waals surface area (Å²) in [6.45, 7) is 11.6. The van der Waals surface area contributed by atoms with E-state index in [0.29, 0.717) is 89.9 Å². The summed E-state index contributed by atoms with van der Waals surface area (Å²) in [5.41, 5.74) is 8.41. The number of aromatic nitrogens is 11. The molecule has 0 bridgehead atoms. The fourth-order valence-electron chi connectivity index (χ4n) is 8.64. The molecule has 2 aliphatic rings. The van der Waals surface area contributed by atoms with Gasteiger partial charge >= 0.3 is 138 Å². The normalized spacial score (nSPS) is 15.7. The number of halogens is 1. The first kappa shape index (κ1) is 78.7. The summed E-state index contributed by atoms with van der Waals surface area (Å²) in [6, 6.07) is 19.0. The van der Waals surface area contributed by atoms with E-state index in [0.717, 1.165) is 19.1 Å². The van der Waals surface area contributed by atoms with Crippen LogP contribution in [0, 0.1) is 0 Å². The SMILES string of the molecule is CCOC(OCC)OCC.C[C@@H]1CCC(OS(C)(=O)=O)CN1C(=O)c1ccccc1-n1nccn1.C[C@@H]1CC[C@@H](Oc2ccnc3ocnc23)CN1C(=O)c1ccccc1-n1nccn1.Nc1c(O)cc[nH]c1=O.O=CO[O-].O=c1cc[nH]c2ocnc12.[2H]CF.[Cs+].[Cs+].[H-]. The smallest absolute Gasteiger partial charge is 1.00 e. The van der Waals surface area contributed by atoms with Crippen LogP contribution in [0.5, 0.6) is 11.5 Å². The van der Waals surface area contributed by atoms with E-state index < -0.39 is 35.4 Å². The molecule has 0 spiro atoms. The number of amides is 2. The molecule has 2 saturated heterocycles. The number of nitrogens with one attached hydrogen (secondary N) is 2. The van der Waals surface area contributed by atoms with Crippen molar-refractivity contribution in [1.29, 1.82) is 0 Å². The number of benzene rings is 2. The van der Waals surface area contributed by atoms with Crippen LogP contribution in [0.2, 0.25) is 0 Å². The molecule has 5 N–H and O–H groups in total. The number of carbonyl (C=O) groups is 3. The molecule has 4 atom stereocenters. The molecular weight excluding hydrogens is 1470 g/mol. The maximum atomic E-state index is 13.5. The minimum atomic E-state index is -3.56. The number of hydrogen-bond donors (Lipinski definition) is 4. The Morgan fingerprint density at radius 2 is 1.24 bits per heavy atom. The second kappa shape index (κ2) is 42.6. The van der Waals surface area contributed by atoms with Crippen molar-refractivity contribution in [3.63, 3.8) is 0 Å². The Morgan fingerprint density at radius 1 is 0.761 bits per heavy atom. The van der Waals surface area contributed by atoms with Crippen LogP contribution in [0.3, 0.4) is 0 Å². The molecule has 31 nitrogen and oxygen atoms in total. The van der Waals surface area contributed by atoms with E-state index in [-0.39, 0.29) is 199 Å². The Morgan fingerprint density at radius 3 is 1.72 bits per heavy atom. The van der Waals surface area contributed by atoms with Gasteiger partial charge in [0.2, 0.25) is 11.1 Å². The number of carbonyl (C=O) groups excluding carboxylic acids is 3. The average Bonchev–Trinajstić information content (AvgIpc) is 1.79. The zero-order valence-corrected chi connectivity index (χ0v) is 65.2. The number of fused-ring (bicyclic) bond motifs is 2. The maximum absolute atomic E-state index is 13.5. The van der Waals surface area contributed by atoms with Crippen molar-refractivity contribution in [3.05, 3.63) is 155 Å². The van der Waals surface area contributed by atoms with Crippen molar-refractivity contribution < 1.29 is 215 Å². The number of para-hydroxylation sites is 2. The molecule has 0 aliphatic carbocycles. The van der Waals surface area contributed by atoms with E-state index in [1.807, 2.05) is 56.9 Å². The molecule has 1 unspecified atom stereocenters. The number of ether oxygens (including phenoxy) is 4. The van der Waals surface area contributed by atoms with Crippen molar-refractivity contribution in [2.24, 2.45) is 0 Å². The van der Waals surface area contributed by atoms with Gasteiger partial charge < -0.3 is 70.0 Å². The molecule has 0 radical (unpaired) electrons. The van der Waals surface area contributed by atoms with E-state index in [4.69, 9.17) is 54.2 Å². The molecule has 0 saturated carbocycles. The Balaban J connectivity index is 0.000000419. The number of hydrogen-bond acceptors (Lipinski definition) is 25. The van der Waals surface area contributed by atoms with Gasteiger partial charge in [-0.05, 0) is 90.6 Å². The van der Waals surface area contributed by atoms with Crippen LogP contribution in [-0.2, 0) is 38.2 Å². The fourth-order valence-corrected chi connectivity index (χ4v) is 9.29. The summed E-state index contributed by atoms with van der Waals surface area (Å²) >= 11 is 0. The molecule has 11 rings (SSSR count). The summed E-state index contributed by atoms with van der Waals surface area (Å²) in [4.78, 5) is 82.6. The first-order chi connectivity index (χ1) is 43.8. The predicted molar refractivity (Wildman–Crippen MR) is 320 cm³/mol. The molecule has 2 fully saturated rings. The molecular formula is C57H71Cs2FN14O17S. The van der Waals surface area contributed by atoms with Crippen molar-refractivity contribution in [2.45, 2.75) is 91.1 Å². The van der Waals surface area contributed by atoms with Crippen molar-refractivity contribution in [3.8, 4) is 22.9 Å². The van der Waals surface area contributed by atoms with Gasteiger partial charge in [-0.2, -0.15) is 38.4 Å². The van der Waals surface area contributed by atoms with Crippen LogP contribution in [0.25, 0.3) is 33.8 Å². The Labute approximate surface area is 648 Å². The average molecular weight is 1540 g/mol. The third-order valence-corrected chi connectivity index (χ3v) is 13.3. The van der Waals surface area contributed by atoms with E-state index in [1.54, 1.807) is 66.2 Å². The topological polar surface area (TPSA) is 409 Å². The molecule has 2 amide bonds. The number of nitrogen functional groups attached to an aromatic ring is 1. The first-order valence-corrected chi connectivity index (χ1v) is 29.4. The van der Waals surface area contributed by atoms with Crippen LogP contribution in [0.4, 0.5) is 10.1 Å². The van der Waals surface area contributed by atoms with Gasteiger partial charge in [0.1, 0.15) is 17.5 Å². The molecule has 2 aliphatic heterocycles. The van der Waals surface area contributed by atoms with Crippen molar-refractivity contribution >= 4 is 56.6 Å². The van der Waals surface area contributed by atoms with Crippen LogP contribution < -0.4 is 165 Å². The quantitative estimate of drug-likeness (QED) is 0.0308. The minimum absolute atomic E-state index is 0. The Kier molecular flexibility index (Phi) is 36.5. The van der Waals surface area contributed by atoms with Gasteiger partial charge in [-0.1, -0.05) is 24.3 Å². The third kappa shape index (κ3) is 24.9. The van der Waals surface area contributed by atoms with Gasteiger partial charge in [-0.15, -0.1) is 0 Å². The maximum Gasteiger partial charge on any atom is 1.00 e. The van der Waals surface area contributed by atoms with Gasteiger partial charge in [0, 0.05) is 69.2 Å². The summed E-state index contributed by atoms with van der Waals surface area (Å²) in [7, 11) is -4.56. The van der Waals surface area contributed by atoms with Crippen molar-refractivity contribution in [2.75, 3.05) is 52.1 Å². The minimum Gasteiger partial charge on any atom is -1.00 e. The Bertz CT molecular complexity index is 3860. The van der Waals surface area contributed by atoms with Gasteiger partial charge in [0.25, 0.3) is 46.2 Å². The number of alkyl halides is 1. The Hall–Kier alpha value is -5.70. The van der Waals surface area contributed by atoms with E-state index in [1.165, 1.54) is 46.9 Å². The van der Waals surface area contributed by atoms with Gasteiger partial charge in [0.15, 0.2) is 29.6 Å². The standard InChI is InChI=1S/C21H20N6O3.C16H20N4O4S.C7H16O3.C6H4N2O2.C5H6N2O2.CH3F.CH2O3.2Cs.H/c1-14-6-7-15(30-18-8-9-22-20-19(18)23-13-29-20)12-26(14)21(28)16-4-2-3-5-17(16)27-24-10-11-25-27;1-12-7-8-13(24-25(2,22)23)11-19(12)16(21)14-5-3-4-6-15(14)20-17-9-10-18-20;1-4-8-7(9-5-2)10-6-3;9-4-1-2-7-6-5(4)8-3-10-6;6-4-3(8)1-2-7-5(4)9;1-2;2-1-4-3;;;/h2-5,8-11,13-15H,6-7,12H2,1H3;3-6,9-10,12-13H,7-8,11H2,1-2H3;7H,4-6H2,1-3H3;1-3H,(H,7,9);1-2H,6H2,(H2,7,8,9);1H3;1,3H;;;/q;;;;;;;2*+1;-1/p-1/t14-,15-;12-,13?;;;;;;;;/m11......../s1/i;;;;;1D;;;;. The molecule has 35 heteroatoms. The summed E-state index contributed by atoms with van der Waals surface area (Å²) in [5.74, 6) is 0.174. The number of likely N-dealkylation sites (tertiary alicyclic amines) is 2. The van der Waals surface area contributed by atoms with Crippen molar-refractivity contribution in [1.82, 2.24) is 64.7 Å². The number of pyridine rings is 3. The largest absolute Gasteiger partial charge is 1.00 e. The predicted octanol–water partition coefficient (Wildman–Crippen LogP) is -1.19. The van der Waals surface area contributed by atoms with E-state index in [9.17, 15) is 32.0 Å². The fraction of sp³-hybridized carbons (Fsp3) is 0.368. The molecule has 9 heterocycles. The van der Waals surface area contributed by atoms with Crippen LogP contribution in [0.15, 0.2) is 141 Å². The monoisotopic (exact) mass is 1540 g/mol. The number of rotatable bonds is 15. The zero-order chi connectivity index (χ0) is 66.3. The number of nitrogens with two attached hydrogens (primary N) is 1. The number of aromatic amines is 2. The molecule has 92 heavy (non-hydrogen) atoms. The molecule has 9 aromatic rings.